The lowest BCUT2D eigenvalue weighted by Crippen LogP contribution is -2.55. The Labute approximate surface area is 269 Å². The molecule has 1 aromatic carbocycles. The van der Waals surface area contributed by atoms with Crippen LogP contribution in [0.2, 0.25) is 0 Å². The molecule has 0 aromatic heterocycles. The second kappa shape index (κ2) is 14.7. The van der Waals surface area contributed by atoms with Crippen molar-refractivity contribution in [2.24, 2.45) is 11.3 Å². The van der Waals surface area contributed by atoms with Crippen LogP contribution in [0, 0.1) is 11.3 Å². The number of benzene rings is 1. The number of amides is 2. The molecular weight excluding hydrogens is 572 g/mol. The number of ether oxygens (including phenoxy) is 4. The smallest absolute Gasteiger partial charge is 0.247 e. The van der Waals surface area contributed by atoms with Gasteiger partial charge in [-0.05, 0) is 95.4 Å². The SMILES string of the molecule is COC1CCC(CNC(=O)C(C)(C)C[C@@H]2CC[C@@H](OCc3ccc4c(c3)N(C(=O)C3NCCC3OC)CC(C)(C)O4)CN2)CC1. The maximum Gasteiger partial charge on any atom is 0.247 e. The fourth-order valence-electron chi connectivity index (χ4n) is 7.47. The minimum atomic E-state index is -0.495. The third-order valence-electron chi connectivity index (χ3n) is 10.2. The van der Waals surface area contributed by atoms with Gasteiger partial charge >= 0.3 is 0 Å². The first kappa shape index (κ1) is 34.1. The number of piperidine rings is 1. The van der Waals surface area contributed by atoms with Crippen molar-refractivity contribution in [1.29, 1.82) is 0 Å². The van der Waals surface area contributed by atoms with Gasteiger partial charge in [-0.2, -0.15) is 0 Å². The van der Waals surface area contributed by atoms with Gasteiger partial charge in [-0.3, -0.25) is 9.59 Å². The van der Waals surface area contributed by atoms with Crippen LogP contribution in [0.4, 0.5) is 5.69 Å². The number of carbonyl (C=O) groups excluding carboxylic acids is 2. The van der Waals surface area contributed by atoms with Crippen LogP contribution in [0.1, 0.15) is 84.6 Å². The standard InChI is InChI=1S/C35H56N4O6/c1-34(2,33(41)38-19-23-7-11-26(42-5)12-8-23)18-25-10-13-27(20-37-25)44-21-24-9-14-29-28(17-24)39(22-35(3,4)45-29)32(40)31-30(43-6)15-16-36-31/h9,14,17,23,25-27,30-31,36-37H,7-8,10-13,15-16,18-22H2,1-6H3,(H,38,41)/t23?,25-,26?,27+,30?,31?/m0/s1. The number of fused-ring (bicyclic) bond motifs is 1. The maximum absolute atomic E-state index is 13.7. The summed E-state index contributed by atoms with van der Waals surface area (Å²) in [4.78, 5) is 28.7. The molecule has 2 amide bonds. The van der Waals surface area contributed by atoms with Crippen LogP contribution < -0.4 is 25.6 Å². The number of anilines is 1. The van der Waals surface area contributed by atoms with Crippen molar-refractivity contribution in [2.45, 2.75) is 122 Å². The average molecular weight is 629 g/mol. The molecule has 10 heteroatoms. The zero-order valence-electron chi connectivity index (χ0n) is 28.3. The summed E-state index contributed by atoms with van der Waals surface area (Å²) >= 11 is 0. The van der Waals surface area contributed by atoms with Crippen LogP contribution in [0.25, 0.3) is 0 Å². The molecule has 1 aromatic rings. The third-order valence-corrected chi connectivity index (χ3v) is 10.2. The molecule has 4 atom stereocenters. The first-order valence-corrected chi connectivity index (χ1v) is 17.0. The molecule has 0 bridgehead atoms. The highest BCUT2D eigenvalue weighted by Gasteiger charge is 2.42. The highest BCUT2D eigenvalue weighted by Crippen LogP contribution is 2.39. The molecule has 0 spiro atoms. The lowest BCUT2D eigenvalue weighted by atomic mass is 9.81. The van der Waals surface area contributed by atoms with Crippen molar-refractivity contribution >= 4 is 17.5 Å². The molecule has 3 heterocycles. The van der Waals surface area contributed by atoms with E-state index >= 15 is 0 Å². The zero-order chi connectivity index (χ0) is 32.2. The van der Waals surface area contributed by atoms with Gasteiger partial charge in [0, 0.05) is 38.8 Å². The van der Waals surface area contributed by atoms with Gasteiger partial charge in [0.15, 0.2) is 0 Å². The van der Waals surface area contributed by atoms with Crippen molar-refractivity contribution < 1.29 is 28.5 Å². The molecule has 3 aliphatic heterocycles. The quantitative estimate of drug-likeness (QED) is 0.338. The third kappa shape index (κ3) is 8.57. The Hall–Kier alpha value is -2.24. The predicted octanol–water partition coefficient (Wildman–Crippen LogP) is 3.94. The average Bonchev–Trinajstić information content (AvgIpc) is 3.51. The first-order chi connectivity index (χ1) is 21.5. The van der Waals surface area contributed by atoms with E-state index in [1.54, 1.807) is 14.2 Å². The van der Waals surface area contributed by atoms with Gasteiger partial charge in [0.1, 0.15) is 17.4 Å². The second-order valence-electron chi connectivity index (χ2n) is 14.9. The number of carbonyl (C=O) groups is 2. The van der Waals surface area contributed by atoms with Crippen LogP contribution >= 0.6 is 0 Å². The van der Waals surface area contributed by atoms with E-state index in [1.807, 2.05) is 36.9 Å². The summed E-state index contributed by atoms with van der Waals surface area (Å²) in [5.74, 6) is 1.42. The van der Waals surface area contributed by atoms with Crippen LogP contribution in [0.3, 0.4) is 0 Å². The Bertz CT molecular complexity index is 1160. The highest BCUT2D eigenvalue weighted by atomic mass is 16.5. The molecule has 2 unspecified atom stereocenters. The van der Waals surface area contributed by atoms with Crippen LogP contribution in [-0.4, -0.2) is 88.2 Å². The van der Waals surface area contributed by atoms with Gasteiger partial charge < -0.3 is 39.8 Å². The van der Waals surface area contributed by atoms with Crippen molar-refractivity contribution in [3.63, 3.8) is 0 Å². The van der Waals surface area contributed by atoms with E-state index in [2.05, 4.69) is 29.8 Å². The molecule has 2 saturated heterocycles. The van der Waals surface area contributed by atoms with E-state index in [4.69, 9.17) is 18.9 Å². The summed E-state index contributed by atoms with van der Waals surface area (Å²) in [5, 5.41) is 10.2. The van der Waals surface area contributed by atoms with Gasteiger partial charge in [0.05, 0.1) is 37.2 Å². The van der Waals surface area contributed by atoms with Crippen molar-refractivity contribution in [3.05, 3.63) is 23.8 Å². The monoisotopic (exact) mass is 628 g/mol. The minimum absolute atomic E-state index is 0.0170. The molecule has 3 fully saturated rings. The molecule has 5 rings (SSSR count). The molecule has 10 nitrogen and oxygen atoms in total. The van der Waals surface area contributed by atoms with Gasteiger partial charge in [0.25, 0.3) is 0 Å². The fourth-order valence-corrected chi connectivity index (χ4v) is 7.47. The van der Waals surface area contributed by atoms with Crippen molar-refractivity contribution in [2.75, 3.05) is 45.3 Å². The normalized spacial score (nSPS) is 30.0. The highest BCUT2D eigenvalue weighted by molar-refractivity contribution is 5.99. The lowest BCUT2D eigenvalue weighted by Gasteiger charge is -2.41. The van der Waals surface area contributed by atoms with Crippen molar-refractivity contribution in [1.82, 2.24) is 16.0 Å². The number of nitrogens with zero attached hydrogens (tertiary/aromatic N) is 1. The molecule has 1 saturated carbocycles. The number of methoxy groups -OCH3 is 2. The Morgan fingerprint density at radius 2 is 1.78 bits per heavy atom. The number of nitrogens with one attached hydrogen (secondary N) is 3. The molecule has 4 aliphatic rings. The Morgan fingerprint density at radius 3 is 2.47 bits per heavy atom. The maximum atomic E-state index is 13.7. The molecule has 252 valence electrons. The van der Waals surface area contributed by atoms with Gasteiger partial charge in [-0.1, -0.05) is 19.9 Å². The van der Waals surface area contributed by atoms with E-state index in [0.717, 1.165) is 82.3 Å². The molecule has 0 radical (unpaired) electrons. The van der Waals surface area contributed by atoms with E-state index in [0.29, 0.717) is 30.9 Å². The van der Waals surface area contributed by atoms with Gasteiger partial charge in [-0.25, -0.2) is 0 Å². The van der Waals surface area contributed by atoms with Crippen LogP contribution in [-0.2, 0) is 30.4 Å². The first-order valence-electron chi connectivity index (χ1n) is 17.0. The molecular formula is C35H56N4O6. The number of hydrogen-bond donors (Lipinski definition) is 3. The zero-order valence-corrected chi connectivity index (χ0v) is 28.3. The Balaban J connectivity index is 1.09. The second-order valence-corrected chi connectivity index (χ2v) is 14.9. The fraction of sp³-hybridized carbons (Fsp3) is 0.771. The summed E-state index contributed by atoms with van der Waals surface area (Å²) < 4.78 is 23.7. The minimum Gasteiger partial charge on any atom is -0.484 e. The Morgan fingerprint density at radius 1 is 1.02 bits per heavy atom. The largest absolute Gasteiger partial charge is 0.484 e. The number of rotatable bonds is 11. The van der Waals surface area contributed by atoms with E-state index in [1.165, 1.54) is 0 Å². The summed E-state index contributed by atoms with van der Waals surface area (Å²) in [6.45, 7) is 11.3. The Kier molecular flexibility index (Phi) is 11.1. The summed E-state index contributed by atoms with van der Waals surface area (Å²) in [5.41, 5.74) is 0.864. The molecule has 1 aliphatic carbocycles. The topological polar surface area (TPSA) is 110 Å². The summed E-state index contributed by atoms with van der Waals surface area (Å²) in [7, 11) is 3.46. The van der Waals surface area contributed by atoms with Gasteiger partial charge in [-0.15, -0.1) is 0 Å². The summed E-state index contributed by atoms with van der Waals surface area (Å²) in [6.07, 6.45) is 8.26. The van der Waals surface area contributed by atoms with E-state index < -0.39 is 11.0 Å². The van der Waals surface area contributed by atoms with Gasteiger partial charge in [0.2, 0.25) is 11.8 Å². The summed E-state index contributed by atoms with van der Waals surface area (Å²) in [6, 6.07) is 5.93. The van der Waals surface area contributed by atoms with Crippen LogP contribution in [0.5, 0.6) is 5.75 Å². The molecule has 45 heavy (non-hydrogen) atoms. The lowest BCUT2D eigenvalue weighted by molar-refractivity contribution is -0.130. The molecule has 3 N–H and O–H groups in total. The predicted molar refractivity (Wildman–Crippen MR) is 174 cm³/mol. The van der Waals surface area contributed by atoms with E-state index in [9.17, 15) is 9.59 Å². The van der Waals surface area contributed by atoms with Crippen LogP contribution in [0.15, 0.2) is 18.2 Å². The van der Waals surface area contributed by atoms with E-state index in [-0.39, 0.29) is 36.1 Å². The van der Waals surface area contributed by atoms with Crippen molar-refractivity contribution in [3.8, 4) is 5.75 Å². The number of hydrogen-bond acceptors (Lipinski definition) is 8.